The van der Waals surface area contributed by atoms with E-state index in [1.165, 1.54) is 16.2 Å². The van der Waals surface area contributed by atoms with E-state index < -0.39 is 5.91 Å². The van der Waals surface area contributed by atoms with Crippen molar-refractivity contribution in [2.75, 3.05) is 5.32 Å². The molecule has 0 saturated heterocycles. The molecule has 1 fully saturated rings. The summed E-state index contributed by atoms with van der Waals surface area (Å²) in [5, 5.41) is 3.62. The molecule has 2 aliphatic rings. The van der Waals surface area contributed by atoms with Crippen LogP contribution in [-0.2, 0) is 17.6 Å². The van der Waals surface area contributed by atoms with Crippen molar-refractivity contribution in [3.8, 4) is 0 Å². The lowest BCUT2D eigenvalue weighted by molar-refractivity contribution is -0.119. The Hall–Kier alpha value is -1.36. The van der Waals surface area contributed by atoms with Gasteiger partial charge < -0.3 is 11.1 Å². The highest BCUT2D eigenvalue weighted by Crippen LogP contribution is 2.39. The van der Waals surface area contributed by atoms with Gasteiger partial charge in [-0.25, -0.2) is 0 Å². The van der Waals surface area contributed by atoms with Crippen LogP contribution >= 0.6 is 11.3 Å². The van der Waals surface area contributed by atoms with Crippen LogP contribution in [-0.4, -0.2) is 11.8 Å². The summed E-state index contributed by atoms with van der Waals surface area (Å²) in [5.74, 6) is -0.251. The van der Waals surface area contributed by atoms with Crippen LogP contribution in [0, 0.1) is 5.92 Å². The molecule has 1 aromatic heterocycles. The summed E-state index contributed by atoms with van der Waals surface area (Å²) in [5.41, 5.74) is 7.11. The summed E-state index contributed by atoms with van der Waals surface area (Å²) in [6.45, 7) is 0. The third kappa shape index (κ3) is 2.27. The molecule has 0 atom stereocenters. The van der Waals surface area contributed by atoms with Gasteiger partial charge in [-0.2, -0.15) is 0 Å². The Bertz CT molecular complexity index is 530. The molecule has 1 heterocycles. The van der Waals surface area contributed by atoms with Crippen LogP contribution < -0.4 is 11.1 Å². The molecule has 19 heavy (non-hydrogen) atoms. The number of rotatable bonds is 3. The average molecular weight is 278 g/mol. The van der Waals surface area contributed by atoms with Crippen molar-refractivity contribution in [1.82, 2.24) is 0 Å². The first-order chi connectivity index (χ1) is 9.16. The number of anilines is 1. The first-order valence-corrected chi connectivity index (χ1v) is 7.73. The molecule has 3 rings (SSSR count). The predicted octanol–water partition coefficient (Wildman–Crippen LogP) is 2.46. The topological polar surface area (TPSA) is 72.2 Å². The normalized spacial score (nSPS) is 18.5. The highest BCUT2D eigenvalue weighted by Gasteiger charge is 2.28. The number of hydrogen-bond donors (Lipinski definition) is 2. The van der Waals surface area contributed by atoms with Gasteiger partial charge in [0.1, 0.15) is 5.00 Å². The smallest absolute Gasteiger partial charge is 0.251 e. The Morgan fingerprint density at radius 3 is 2.58 bits per heavy atom. The zero-order valence-corrected chi connectivity index (χ0v) is 11.6. The molecule has 0 radical (unpaired) electrons. The number of hydrogen-bond acceptors (Lipinski definition) is 3. The lowest BCUT2D eigenvalue weighted by Gasteiger charge is -2.10. The summed E-state index contributed by atoms with van der Waals surface area (Å²) in [7, 11) is 0. The SMILES string of the molecule is NC(=O)c1c(NC(=O)C2CCCC2)sc2c1CCC2. The highest BCUT2D eigenvalue weighted by atomic mass is 32.1. The molecule has 0 aliphatic heterocycles. The summed E-state index contributed by atoms with van der Waals surface area (Å²) in [6.07, 6.45) is 7.16. The van der Waals surface area contributed by atoms with Gasteiger partial charge in [0.25, 0.3) is 5.91 Å². The quantitative estimate of drug-likeness (QED) is 0.891. The van der Waals surface area contributed by atoms with E-state index in [9.17, 15) is 9.59 Å². The van der Waals surface area contributed by atoms with Crippen molar-refractivity contribution in [3.63, 3.8) is 0 Å². The van der Waals surface area contributed by atoms with E-state index in [0.29, 0.717) is 10.6 Å². The van der Waals surface area contributed by atoms with Gasteiger partial charge in [0.05, 0.1) is 5.56 Å². The first kappa shape index (κ1) is 12.7. The van der Waals surface area contributed by atoms with Gasteiger partial charge >= 0.3 is 0 Å². The van der Waals surface area contributed by atoms with Crippen LogP contribution in [0.3, 0.4) is 0 Å². The number of fused-ring (bicyclic) bond motifs is 1. The molecule has 1 aromatic rings. The van der Waals surface area contributed by atoms with Crippen LogP contribution in [0.2, 0.25) is 0 Å². The minimum absolute atomic E-state index is 0.0555. The number of amides is 2. The lowest BCUT2D eigenvalue weighted by atomic mass is 10.1. The van der Waals surface area contributed by atoms with E-state index >= 15 is 0 Å². The Kier molecular flexibility index (Phi) is 3.31. The second-order valence-corrected chi connectivity index (χ2v) is 6.50. The fraction of sp³-hybridized carbons (Fsp3) is 0.571. The maximum absolute atomic E-state index is 12.2. The molecule has 2 aliphatic carbocycles. The standard InChI is InChI=1S/C14H18N2O2S/c15-12(17)11-9-6-3-7-10(9)19-14(11)16-13(18)8-4-1-2-5-8/h8H,1-7H2,(H2,15,17)(H,16,18). The predicted molar refractivity (Wildman–Crippen MR) is 75.4 cm³/mol. The van der Waals surface area contributed by atoms with Crippen LogP contribution in [0.25, 0.3) is 0 Å². The van der Waals surface area contributed by atoms with Crippen molar-refractivity contribution < 1.29 is 9.59 Å². The molecular formula is C14H18N2O2S. The average Bonchev–Trinajstić information content (AvgIpc) is 3.03. The van der Waals surface area contributed by atoms with E-state index in [4.69, 9.17) is 5.73 Å². The molecular weight excluding hydrogens is 260 g/mol. The van der Waals surface area contributed by atoms with E-state index in [2.05, 4.69) is 5.32 Å². The molecule has 1 saturated carbocycles. The number of carbonyl (C=O) groups excluding carboxylic acids is 2. The fourth-order valence-corrected chi connectivity index (χ4v) is 4.45. The number of carbonyl (C=O) groups is 2. The van der Waals surface area contributed by atoms with E-state index in [0.717, 1.165) is 50.5 Å². The Labute approximate surface area is 116 Å². The van der Waals surface area contributed by atoms with E-state index in [1.54, 1.807) is 0 Å². The van der Waals surface area contributed by atoms with Crippen LogP contribution in [0.5, 0.6) is 0 Å². The number of aryl methyl sites for hydroxylation is 1. The Balaban J connectivity index is 1.84. The van der Waals surface area contributed by atoms with Gasteiger partial charge in [-0.05, 0) is 37.7 Å². The summed E-state index contributed by atoms with van der Waals surface area (Å²) in [6, 6.07) is 0. The van der Waals surface area contributed by atoms with Gasteiger partial charge in [-0.15, -0.1) is 11.3 Å². The van der Waals surface area contributed by atoms with Crippen LogP contribution in [0.1, 0.15) is 52.9 Å². The Morgan fingerprint density at radius 2 is 1.89 bits per heavy atom. The molecule has 4 nitrogen and oxygen atoms in total. The second-order valence-electron chi connectivity index (χ2n) is 5.40. The van der Waals surface area contributed by atoms with Crippen molar-refractivity contribution in [2.24, 2.45) is 11.7 Å². The highest BCUT2D eigenvalue weighted by molar-refractivity contribution is 7.17. The molecule has 0 spiro atoms. The number of primary amides is 1. The summed E-state index contributed by atoms with van der Waals surface area (Å²) >= 11 is 1.53. The summed E-state index contributed by atoms with van der Waals surface area (Å²) in [4.78, 5) is 25.0. The van der Waals surface area contributed by atoms with Crippen LogP contribution in [0.15, 0.2) is 0 Å². The minimum Gasteiger partial charge on any atom is -0.365 e. The fourth-order valence-electron chi connectivity index (χ4n) is 3.15. The van der Waals surface area contributed by atoms with Crippen molar-refractivity contribution in [2.45, 2.75) is 44.9 Å². The van der Waals surface area contributed by atoms with Crippen molar-refractivity contribution in [3.05, 3.63) is 16.0 Å². The van der Waals surface area contributed by atoms with Crippen molar-refractivity contribution >= 4 is 28.2 Å². The molecule has 2 amide bonds. The first-order valence-electron chi connectivity index (χ1n) is 6.92. The number of nitrogens with one attached hydrogen (secondary N) is 1. The monoisotopic (exact) mass is 278 g/mol. The van der Waals surface area contributed by atoms with Gasteiger partial charge in [-0.3, -0.25) is 9.59 Å². The van der Waals surface area contributed by atoms with Gasteiger partial charge in [0, 0.05) is 10.8 Å². The molecule has 5 heteroatoms. The molecule has 3 N–H and O–H groups in total. The third-order valence-corrected chi connectivity index (χ3v) is 5.34. The summed E-state index contributed by atoms with van der Waals surface area (Å²) < 4.78 is 0. The zero-order chi connectivity index (χ0) is 13.4. The maximum atomic E-state index is 12.2. The number of nitrogens with two attached hydrogens (primary N) is 1. The van der Waals surface area contributed by atoms with Gasteiger partial charge in [-0.1, -0.05) is 12.8 Å². The number of thiophene rings is 1. The third-order valence-electron chi connectivity index (χ3n) is 4.13. The molecule has 102 valence electrons. The van der Waals surface area contributed by atoms with E-state index in [1.807, 2.05) is 0 Å². The van der Waals surface area contributed by atoms with Gasteiger partial charge in [0.2, 0.25) is 5.91 Å². The molecule has 0 bridgehead atoms. The molecule has 0 aromatic carbocycles. The lowest BCUT2D eigenvalue weighted by Crippen LogP contribution is -2.22. The Morgan fingerprint density at radius 1 is 1.16 bits per heavy atom. The maximum Gasteiger partial charge on any atom is 0.251 e. The van der Waals surface area contributed by atoms with Crippen molar-refractivity contribution in [1.29, 1.82) is 0 Å². The van der Waals surface area contributed by atoms with Crippen LogP contribution in [0.4, 0.5) is 5.00 Å². The van der Waals surface area contributed by atoms with E-state index in [-0.39, 0.29) is 11.8 Å². The van der Waals surface area contributed by atoms with Gasteiger partial charge in [0.15, 0.2) is 0 Å². The molecule has 0 unspecified atom stereocenters. The zero-order valence-electron chi connectivity index (χ0n) is 10.8. The second kappa shape index (κ2) is 4.96. The largest absolute Gasteiger partial charge is 0.365 e. The minimum atomic E-state index is -0.416.